The SMILES string of the molecule is O=C1C[C@@H](O)[C@@H](O)[C@H]2[C@@H]3C(=O)N(Cc4ccccc4)C(=O)[C@@H]3CC[C@H]12. The molecule has 132 valence electrons. The van der Waals surface area contributed by atoms with E-state index in [-0.39, 0.29) is 30.6 Å². The predicted molar refractivity (Wildman–Crippen MR) is 86.8 cm³/mol. The molecule has 6 nitrogen and oxygen atoms in total. The van der Waals surface area contributed by atoms with Crippen molar-refractivity contribution in [2.75, 3.05) is 0 Å². The Labute approximate surface area is 145 Å². The first-order valence-corrected chi connectivity index (χ1v) is 8.77. The fraction of sp³-hybridized carbons (Fsp3) is 0.526. The molecule has 1 aromatic carbocycles. The van der Waals surface area contributed by atoms with Crippen molar-refractivity contribution in [1.29, 1.82) is 0 Å². The Morgan fingerprint density at radius 2 is 1.64 bits per heavy atom. The van der Waals surface area contributed by atoms with Gasteiger partial charge in [0.1, 0.15) is 5.78 Å². The van der Waals surface area contributed by atoms with Crippen LogP contribution >= 0.6 is 0 Å². The Morgan fingerprint density at radius 1 is 0.960 bits per heavy atom. The van der Waals surface area contributed by atoms with Gasteiger partial charge in [-0.1, -0.05) is 30.3 Å². The number of carbonyl (C=O) groups excluding carboxylic acids is 3. The summed E-state index contributed by atoms with van der Waals surface area (Å²) in [7, 11) is 0. The standard InChI is InChI=1S/C19H21NO5/c21-13-8-14(22)17(23)15-11(13)6-7-12-16(15)19(25)20(18(12)24)9-10-4-2-1-3-5-10/h1-5,11-12,14-17,22-23H,6-9H2/t11-,12-,14-,15-,16-,17-/m1/s1. The zero-order valence-corrected chi connectivity index (χ0v) is 13.7. The number of amides is 2. The molecule has 0 unspecified atom stereocenters. The smallest absolute Gasteiger partial charge is 0.233 e. The van der Waals surface area contributed by atoms with Gasteiger partial charge >= 0.3 is 0 Å². The summed E-state index contributed by atoms with van der Waals surface area (Å²) >= 11 is 0. The van der Waals surface area contributed by atoms with E-state index in [0.717, 1.165) is 5.56 Å². The van der Waals surface area contributed by atoms with Crippen molar-refractivity contribution in [3.63, 3.8) is 0 Å². The minimum atomic E-state index is -1.15. The molecule has 1 aliphatic heterocycles. The van der Waals surface area contributed by atoms with Gasteiger partial charge in [-0.2, -0.15) is 0 Å². The van der Waals surface area contributed by atoms with E-state index in [2.05, 4.69) is 0 Å². The van der Waals surface area contributed by atoms with Crippen LogP contribution in [0, 0.1) is 23.7 Å². The van der Waals surface area contributed by atoms with Gasteiger partial charge in [-0.25, -0.2) is 0 Å². The topological polar surface area (TPSA) is 94.9 Å². The monoisotopic (exact) mass is 343 g/mol. The van der Waals surface area contributed by atoms with Gasteiger partial charge in [-0.15, -0.1) is 0 Å². The summed E-state index contributed by atoms with van der Waals surface area (Å²) in [6.45, 7) is 0.204. The van der Waals surface area contributed by atoms with Gasteiger partial charge < -0.3 is 10.2 Å². The average Bonchev–Trinajstić information content (AvgIpc) is 2.85. The second-order valence-electron chi connectivity index (χ2n) is 7.37. The summed E-state index contributed by atoms with van der Waals surface area (Å²) in [5.74, 6) is -2.95. The van der Waals surface area contributed by atoms with Gasteiger partial charge in [0.2, 0.25) is 11.8 Å². The van der Waals surface area contributed by atoms with Crippen LogP contribution in [0.25, 0.3) is 0 Å². The molecule has 3 aliphatic rings. The van der Waals surface area contributed by atoms with Crippen LogP contribution in [0.15, 0.2) is 30.3 Å². The second-order valence-corrected chi connectivity index (χ2v) is 7.37. The molecule has 0 radical (unpaired) electrons. The molecule has 2 saturated carbocycles. The van der Waals surface area contributed by atoms with E-state index >= 15 is 0 Å². The zero-order valence-electron chi connectivity index (χ0n) is 13.7. The summed E-state index contributed by atoms with van der Waals surface area (Å²) in [6.07, 6.45) is -1.39. The van der Waals surface area contributed by atoms with Crippen LogP contribution in [-0.4, -0.2) is 44.9 Å². The number of benzene rings is 1. The number of carbonyl (C=O) groups is 3. The quantitative estimate of drug-likeness (QED) is 0.763. The van der Waals surface area contributed by atoms with E-state index in [4.69, 9.17) is 0 Å². The number of nitrogens with zero attached hydrogens (tertiary/aromatic N) is 1. The number of Topliss-reactive ketones (excluding diaryl/α,β-unsaturated/α-hetero) is 1. The number of rotatable bonds is 2. The largest absolute Gasteiger partial charge is 0.390 e. The molecule has 1 aromatic rings. The number of ketones is 1. The molecule has 2 N–H and O–H groups in total. The summed E-state index contributed by atoms with van der Waals surface area (Å²) in [6, 6.07) is 9.28. The first-order chi connectivity index (χ1) is 12.0. The molecule has 6 heteroatoms. The van der Waals surface area contributed by atoms with Crippen molar-refractivity contribution in [3.05, 3.63) is 35.9 Å². The zero-order chi connectivity index (χ0) is 17.7. The number of imide groups is 1. The maximum Gasteiger partial charge on any atom is 0.233 e. The minimum Gasteiger partial charge on any atom is -0.390 e. The van der Waals surface area contributed by atoms with E-state index in [1.165, 1.54) is 4.90 Å². The van der Waals surface area contributed by atoms with Gasteiger partial charge in [0, 0.05) is 18.3 Å². The van der Waals surface area contributed by atoms with Crippen LogP contribution in [0.4, 0.5) is 0 Å². The van der Waals surface area contributed by atoms with Crippen LogP contribution in [0.1, 0.15) is 24.8 Å². The molecule has 2 amide bonds. The number of hydrogen-bond donors (Lipinski definition) is 2. The Balaban J connectivity index is 1.64. The molecular weight excluding hydrogens is 322 g/mol. The summed E-state index contributed by atoms with van der Waals surface area (Å²) in [5, 5.41) is 20.4. The first kappa shape index (κ1) is 16.4. The number of hydrogen-bond acceptors (Lipinski definition) is 5. The van der Waals surface area contributed by atoms with Crippen LogP contribution in [0.3, 0.4) is 0 Å². The molecule has 0 bridgehead atoms. The Bertz CT molecular complexity index is 718. The van der Waals surface area contributed by atoms with E-state index in [0.29, 0.717) is 12.8 Å². The third-order valence-electron chi connectivity index (χ3n) is 6.03. The molecule has 2 aliphatic carbocycles. The molecule has 0 aromatic heterocycles. The third kappa shape index (κ3) is 2.51. The molecule has 25 heavy (non-hydrogen) atoms. The van der Waals surface area contributed by atoms with Gasteiger partial charge in [-0.3, -0.25) is 19.3 Å². The molecule has 6 atom stereocenters. The molecule has 4 rings (SSSR count). The predicted octanol–water partition coefficient (Wildman–Crippen LogP) is 0.509. The van der Waals surface area contributed by atoms with Crippen LogP contribution in [0.2, 0.25) is 0 Å². The molecule has 3 fully saturated rings. The highest BCUT2D eigenvalue weighted by atomic mass is 16.3. The number of aliphatic hydroxyl groups is 2. The van der Waals surface area contributed by atoms with Crippen LogP contribution in [-0.2, 0) is 20.9 Å². The number of aliphatic hydroxyl groups excluding tert-OH is 2. The average molecular weight is 343 g/mol. The van der Waals surface area contributed by atoms with Crippen molar-refractivity contribution < 1.29 is 24.6 Å². The second kappa shape index (κ2) is 6.04. The maximum atomic E-state index is 13.0. The fourth-order valence-electron chi connectivity index (χ4n) is 4.83. The van der Waals surface area contributed by atoms with Gasteiger partial charge in [0.25, 0.3) is 0 Å². The van der Waals surface area contributed by atoms with Gasteiger partial charge in [0.05, 0.1) is 30.6 Å². The van der Waals surface area contributed by atoms with E-state index in [9.17, 15) is 24.6 Å². The minimum absolute atomic E-state index is 0.0738. The van der Waals surface area contributed by atoms with Crippen LogP contribution in [0.5, 0.6) is 0 Å². The highest BCUT2D eigenvalue weighted by Gasteiger charge is 2.59. The Kier molecular flexibility index (Phi) is 3.96. The maximum absolute atomic E-state index is 13.0. The first-order valence-electron chi connectivity index (χ1n) is 8.77. The van der Waals surface area contributed by atoms with Crippen molar-refractivity contribution in [2.45, 2.75) is 38.0 Å². The molecular formula is C19H21NO5. The summed E-state index contributed by atoms with van der Waals surface area (Å²) in [5.41, 5.74) is 0.861. The lowest BCUT2D eigenvalue weighted by Crippen LogP contribution is -2.54. The highest BCUT2D eigenvalue weighted by Crippen LogP contribution is 2.49. The Morgan fingerprint density at radius 3 is 2.36 bits per heavy atom. The normalized spacial score (nSPS) is 37.8. The van der Waals surface area contributed by atoms with Gasteiger partial charge in [0.15, 0.2) is 0 Å². The fourth-order valence-corrected chi connectivity index (χ4v) is 4.83. The van der Waals surface area contributed by atoms with E-state index < -0.39 is 35.9 Å². The highest BCUT2D eigenvalue weighted by molar-refractivity contribution is 6.06. The van der Waals surface area contributed by atoms with Gasteiger partial charge in [-0.05, 0) is 18.4 Å². The molecule has 1 saturated heterocycles. The van der Waals surface area contributed by atoms with E-state index in [1.54, 1.807) is 0 Å². The lowest BCUT2D eigenvalue weighted by molar-refractivity contribution is -0.156. The van der Waals surface area contributed by atoms with Crippen molar-refractivity contribution in [3.8, 4) is 0 Å². The summed E-state index contributed by atoms with van der Waals surface area (Å²) in [4.78, 5) is 39.3. The number of likely N-dealkylation sites (tertiary alicyclic amines) is 1. The Hall–Kier alpha value is -2.05. The number of fused-ring (bicyclic) bond motifs is 3. The van der Waals surface area contributed by atoms with Crippen molar-refractivity contribution in [2.24, 2.45) is 23.7 Å². The molecule has 0 spiro atoms. The summed E-state index contributed by atoms with van der Waals surface area (Å²) < 4.78 is 0. The van der Waals surface area contributed by atoms with Crippen molar-refractivity contribution in [1.82, 2.24) is 4.90 Å². The lowest BCUT2D eigenvalue weighted by Gasteiger charge is -2.44. The van der Waals surface area contributed by atoms with E-state index in [1.807, 2.05) is 30.3 Å². The van der Waals surface area contributed by atoms with Crippen LogP contribution < -0.4 is 0 Å². The molecule has 1 heterocycles. The van der Waals surface area contributed by atoms with Crippen molar-refractivity contribution >= 4 is 17.6 Å². The lowest BCUT2D eigenvalue weighted by atomic mass is 9.60. The third-order valence-corrected chi connectivity index (χ3v) is 6.03.